The summed E-state index contributed by atoms with van der Waals surface area (Å²) in [4.78, 5) is 4.23. The van der Waals surface area contributed by atoms with Crippen LogP contribution in [0.1, 0.15) is 26.6 Å². The number of aryl methyl sites for hydroxylation is 1. The Labute approximate surface area is 111 Å². The van der Waals surface area contributed by atoms with E-state index in [9.17, 15) is 8.78 Å². The molecule has 0 saturated carbocycles. The van der Waals surface area contributed by atoms with Crippen molar-refractivity contribution in [2.24, 2.45) is 0 Å². The fourth-order valence-electron chi connectivity index (χ4n) is 2.30. The van der Waals surface area contributed by atoms with Gasteiger partial charge in [-0.15, -0.1) is 0 Å². The zero-order valence-corrected chi connectivity index (χ0v) is 11.5. The van der Waals surface area contributed by atoms with E-state index in [1.165, 1.54) is 18.2 Å². The molecule has 19 heavy (non-hydrogen) atoms. The molecule has 3 nitrogen and oxygen atoms in total. The average molecular weight is 265 g/mol. The lowest BCUT2D eigenvalue weighted by Gasteiger charge is -2.24. The summed E-state index contributed by atoms with van der Waals surface area (Å²) in [6, 6.07) is 3.71. The summed E-state index contributed by atoms with van der Waals surface area (Å²) in [5.41, 5.74) is 5.70. The summed E-state index contributed by atoms with van der Waals surface area (Å²) in [5.74, 6) is -0.424. The number of imidazole rings is 1. The highest BCUT2D eigenvalue weighted by Crippen LogP contribution is 2.33. The number of hydrogen-bond acceptors (Lipinski definition) is 2. The van der Waals surface area contributed by atoms with Gasteiger partial charge in [0.25, 0.3) is 0 Å². The second-order valence-corrected chi connectivity index (χ2v) is 5.50. The van der Waals surface area contributed by atoms with E-state index in [1.54, 1.807) is 11.5 Å². The summed E-state index contributed by atoms with van der Waals surface area (Å²) >= 11 is 0. The highest BCUT2D eigenvalue weighted by atomic mass is 19.1. The van der Waals surface area contributed by atoms with Crippen LogP contribution in [0, 0.1) is 18.6 Å². The molecule has 1 heterocycles. The van der Waals surface area contributed by atoms with Crippen molar-refractivity contribution in [3.8, 4) is 11.3 Å². The Morgan fingerprint density at radius 1 is 1.16 bits per heavy atom. The van der Waals surface area contributed by atoms with Crippen LogP contribution in [-0.2, 0) is 5.54 Å². The molecule has 0 spiro atoms. The lowest BCUT2D eigenvalue weighted by atomic mass is 10.1. The molecular weight excluding hydrogens is 248 g/mol. The number of benzene rings is 1. The Bertz CT molecular complexity index is 604. The summed E-state index contributed by atoms with van der Waals surface area (Å²) in [7, 11) is 0. The molecule has 2 N–H and O–H groups in total. The fourth-order valence-corrected chi connectivity index (χ4v) is 2.30. The van der Waals surface area contributed by atoms with E-state index in [0.29, 0.717) is 5.82 Å². The summed E-state index contributed by atoms with van der Waals surface area (Å²) in [6.07, 6.45) is 0. The first kappa shape index (κ1) is 13.5. The van der Waals surface area contributed by atoms with Crippen LogP contribution < -0.4 is 5.73 Å². The minimum absolute atomic E-state index is 0.156. The third-order valence-corrected chi connectivity index (χ3v) is 2.95. The van der Waals surface area contributed by atoms with Crippen molar-refractivity contribution in [3.05, 3.63) is 35.7 Å². The highest BCUT2D eigenvalue weighted by molar-refractivity contribution is 5.72. The number of rotatable bonds is 1. The predicted molar refractivity (Wildman–Crippen MR) is 71.7 cm³/mol. The molecule has 1 aromatic carbocycles. The van der Waals surface area contributed by atoms with Gasteiger partial charge in [0.05, 0.1) is 5.56 Å². The van der Waals surface area contributed by atoms with Crippen LogP contribution in [0.4, 0.5) is 14.6 Å². The highest BCUT2D eigenvalue weighted by Gasteiger charge is 2.25. The van der Waals surface area contributed by atoms with Crippen molar-refractivity contribution in [1.82, 2.24) is 9.55 Å². The molecule has 0 fully saturated rings. The molecule has 0 atom stereocenters. The second-order valence-electron chi connectivity index (χ2n) is 5.50. The van der Waals surface area contributed by atoms with Crippen LogP contribution in [-0.4, -0.2) is 9.55 Å². The van der Waals surface area contributed by atoms with Crippen LogP contribution in [0.15, 0.2) is 18.2 Å². The van der Waals surface area contributed by atoms with E-state index in [1.807, 2.05) is 20.8 Å². The van der Waals surface area contributed by atoms with Crippen molar-refractivity contribution in [1.29, 1.82) is 0 Å². The second kappa shape index (κ2) is 4.33. The van der Waals surface area contributed by atoms with Crippen LogP contribution in [0.2, 0.25) is 0 Å². The number of aromatic nitrogens is 2. The summed E-state index contributed by atoms with van der Waals surface area (Å²) in [6.45, 7) is 7.64. The van der Waals surface area contributed by atoms with Gasteiger partial charge in [-0.2, -0.15) is 0 Å². The number of nitrogens with two attached hydrogens (primary N) is 1. The number of anilines is 1. The average Bonchev–Trinajstić information content (AvgIpc) is 2.53. The Balaban J connectivity index is 2.73. The normalized spacial score (nSPS) is 11.9. The first-order valence-corrected chi connectivity index (χ1v) is 6.03. The minimum atomic E-state index is -0.662. The van der Waals surface area contributed by atoms with Gasteiger partial charge in [0, 0.05) is 5.54 Å². The van der Waals surface area contributed by atoms with Gasteiger partial charge in [-0.3, -0.25) is 0 Å². The van der Waals surface area contributed by atoms with E-state index in [-0.39, 0.29) is 22.6 Å². The molecule has 0 bridgehead atoms. The number of nitrogen functional groups attached to an aromatic ring is 1. The third-order valence-electron chi connectivity index (χ3n) is 2.95. The van der Waals surface area contributed by atoms with Crippen molar-refractivity contribution < 1.29 is 8.78 Å². The topological polar surface area (TPSA) is 43.8 Å². The van der Waals surface area contributed by atoms with E-state index in [0.717, 1.165) is 0 Å². The van der Waals surface area contributed by atoms with E-state index in [2.05, 4.69) is 4.98 Å². The van der Waals surface area contributed by atoms with Gasteiger partial charge in [0.15, 0.2) is 0 Å². The first-order valence-electron chi connectivity index (χ1n) is 6.03. The van der Waals surface area contributed by atoms with E-state index in [4.69, 9.17) is 5.73 Å². The van der Waals surface area contributed by atoms with E-state index < -0.39 is 11.6 Å². The molecule has 0 radical (unpaired) electrons. The van der Waals surface area contributed by atoms with Gasteiger partial charge in [0.2, 0.25) is 0 Å². The van der Waals surface area contributed by atoms with E-state index >= 15 is 0 Å². The largest absolute Gasteiger partial charge is 0.383 e. The maximum atomic E-state index is 13.8. The van der Waals surface area contributed by atoms with Crippen molar-refractivity contribution in [2.75, 3.05) is 5.73 Å². The Kier molecular flexibility index (Phi) is 3.08. The number of hydrogen-bond donors (Lipinski definition) is 1. The molecule has 102 valence electrons. The minimum Gasteiger partial charge on any atom is -0.383 e. The SMILES string of the molecule is Cc1nc(-c2c(F)cccc2F)c(N)n1C(C)(C)C. The van der Waals surface area contributed by atoms with Gasteiger partial charge >= 0.3 is 0 Å². The molecule has 0 aliphatic heterocycles. The molecule has 5 heteroatoms. The maximum absolute atomic E-state index is 13.8. The Morgan fingerprint density at radius 2 is 1.68 bits per heavy atom. The number of nitrogens with zero attached hydrogens (tertiary/aromatic N) is 2. The molecule has 0 saturated heterocycles. The smallest absolute Gasteiger partial charge is 0.135 e. The lowest BCUT2D eigenvalue weighted by Crippen LogP contribution is -2.24. The predicted octanol–water partition coefficient (Wildman–Crippen LogP) is 3.47. The van der Waals surface area contributed by atoms with Crippen LogP contribution >= 0.6 is 0 Å². The van der Waals surface area contributed by atoms with Crippen LogP contribution in [0.25, 0.3) is 11.3 Å². The first-order chi connectivity index (χ1) is 8.73. The molecule has 1 aromatic heterocycles. The third kappa shape index (κ3) is 2.20. The van der Waals surface area contributed by atoms with Gasteiger partial charge in [-0.05, 0) is 39.8 Å². The zero-order chi connectivity index (χ0) is 14.4. The molecular formula is C14H17F2N3. The Hall–Kier alpha value is -1.91. The zero-order valence-electron chi connectivity index (χ0n) is 11.5. The molecule has 2 rings (SSSR count). The quantitative estimate of drug-likeness (QED) is 0.858. The van der Waals surface area contributed by atoms with Crippen molar-refractivity contribution in [3.63, 3.8) is 0 Å². The lowest BCUT2D eigenvalue weighted by molar-refractivity contribution is 0.393. The van der Waals surface area contributed by atoms with Crippen LogP contribution in [0.5, 0.6) is 0 Å². The van der Waals surface area contributed by atoms with Gasteiger partial charge < -0.3 is 10.3 Å². The van der Waals surface area contributed by atoms with Gasteiger partial charge in [-0.25, -0.2) is 13.8 Å². The van der Waals surface area contributed by atoms with Gasteiger partial charge in [-0.1, -0.05) is 6.07 Å². The summed E-state index contributed by atoms with van der Waals surface area (Å²) < 4.78 is 29.4. The Morgan fingerprint density at radius 3 is 2.11 bits per heavy atom. The van der Waals surface area contributed by atoms with Crippen LogP contribution in [0.3, 0.4) is 0 Å². The van der Waals surface area contributed by atoms with Crippen molar-refractivity contribution >= 4 is 5.82 Å². The maximum Gasteiger partial charge on any atom is 0.135 e. The molecule has 2 aromatic rings. The molecule has 0 aliphatic carbocycles. The number of halogens is 2. The molecule has 0 unspecified atom stereocenters. The molecule has 0 aliphatic rings. The molecule has 0 amide bonds. The monoisotopic (exact) mass is 265 g/mol. The van der Waals surface area contributed by atoms with Gasteiger partial charge in [0.1, 0.15) is 29.0 Å². The standard InChI is InChI=1S/C14H17F2N3/c1-8-18-12(13(17)19(8)14(2,3)4)11-9(15)6-5-7-10(11)16/h5-7H,17H2,1-4H3. The summed E-state index contributed by atoms with van der Waals surface area (Å²) in [5, 5.41) is 0. The fraction of sp³-hybridized carbons (Fsp3) is 0.357. The van der Waals surface area contributed by atoms with Crippen molar-refractivity contribution in [2.45, 2.75) is 33.2 Å².